The maximum Gasteiger partial charge on any atom is 0.301 e. The molecule has 1 saturated heterocycles. The Morgan fingerprint density at radius 3 is 2.57 bits per heavy atom. The number of Topliss-reactive ketones (excluding diaryl/α,β-unsaturated/α-hetero) is 1. The smallest absolute Gasteiger partial charge is 0.301 e. The van der Waals surface area contributed by atoms with Crippen LogP contribution in [0.2, 0.25) is 0 Å². The van der Waals surface area contributed by atoms with Gasteiger partial charge >= 0.3 is 5.91 Å². The number of anilines is 1. The van der Waals surface area contributed by atoms with Crippen molar-refractivity contribution in [1.29, 1.82) is 0 Å². The molecule has 7 heteroatoms. The van der Waals surface area contributed by atoms with Crippen LogP contribution in [0.3, 0.4) is 0 Å². The van der Waals surface area contributed by atoms with E-state index in [-0.39, 0.29) is 17.2 Å². The lowest BCUT2D eigenvalue weighted by molar-refractivity contribution is -0.132. The molecule has 1 atom stereocenters. The number of hydrogen-bond donors (Lipinski definition) is 1. The molecule has 1 fully saturated rings. The summed E-state index contributed by atoms with van der Waals surface area (Å²) in [6.45, 7) is 0. The molecule has 0 saturated carbocycles. The van der Waals surface area contributed by atoms with Crippen LogP contribution in [0.5, 0.6) is 5.75 Å². The fraction of sp³-hybridized carbons (Fsp3) is 0.0870. The number of methoxy groups -OCH3 is 1. The largest absolute Gasteiger partial charge is 0.507 e. The molecule has 2 heterocycles. The van der Waals surface area contributed by atoms with Gasteiger partial charge in [-0.2, -0.15) is 0 Å². The Morgan fingerprint density at radius 2 is 1.87 bits per heavy atom. The molecule has 0 aliphatic carbocycles. The van der Waals surface area contributed by atoms with Crippen LogP contribution in [-0.2, 0) is 9.59 Å². The number of ether oxygens (including phenoxy) is 1. The quantitative estimate of drug-likeness (QED) is 0.406. The number of aliphatic hydroxyl groups excluding tert-OH is 1. The zero-order valence-electron chi connectivity index (χ0n) is 15.9. The molecular formula is C23H17FN2O4. The minimum atomic E-state index is -1.04. The first-order valence-electron chi connectivity index (χ1n) is 9.13. The van der Waals surface area contributed by atoms with Gasteiger partial charge in [-0.1, -0.05) is 30.3 Å². The van der Waals surface area contributed by atoms with Gasteiger partial charge in [-0.15, -0.1) is 0 Å². The molecule has 0 unspecified atom stereocenters. The van der Waals surface area contributed by atoms with Crippen LogP contribution in [0.4, 0.5) is 10.2 Å². The molecule has 3 aromatic rings. The Bertz CT molecular complexity index is 1160. The van der Waals surface area contributed by atoms with E-state index < -0.39 is 23.5 Å². The molecule has 6 nitrogen and oxygen atoms in total. The molecule has 4 rings (SSSR count). The average molecular weight is 404 g/mol. The van der Waals surface area contributed by atoms with Crippen molar-refractivity contribution in [2.45, 2.75) is 6.04 Å². The van der Waals surface area contributed by atoms with Crippen LogP contribution in [0.15, 0.2) is 78.5 Å². The number of hydrogen-bond acceptors (Lipinski definition) is 5. The number of ketones is 1. The summed E-state index contributed by atoms with van der Waals surface area (Å²) in [5.41, 5.74) is 0.489. The zero-order chi connectivity index (χ0) is 21.3. The van der Waals surface area contributed by atoms with Crippen molar-refractivity contribution in [2.75, 3.05) is 12.0 Å². The van der Waals surface area contributed by atoms with E-state index >= 15 is 0 Å². The summed E-state index contributed by atoms with van der Waals surface area (Å²) in [6.07, 6.45) is 1.49. The standard InChI is InChI=1S/C23H17FN2O4/c1-30-17-9-5-7-15(13-17)21(27)19-20(14-6-4-8-16(24)12-14)26(23(29)22(19)28)18-10-2-3-11-25-18/h2-13,20,27H,1H3/t20-/m1/s1. The number of nitrogens with zero attached hydrogens (tertiary/aromatic N) is 2. The summed E-state index contributed by atoms with van der Waals surface area (Å²) in [4.78, 5) is 31.2. The Kier molecular flexibility index (Phi) is 5.02. The van der Waals surface area contributed by atoms with Crippen molar-refractivity contribution in [2.24, 2.45) is 0 Å². The van der Waals surface area contributed by atoms with Gasteiger partial charge in [0, 0.05) is 11.8 Å². The fourth-order valence-corrected chi connectivity index (χ4v) is 3.48. The van der Waals surface area contributed by atoms with Crippen molar-refractivity contribution in [1.82, 2.24) is 4.98 Å². The van der Waals surface area contributed by atoms with E-state index in [0.717, 1.165) is 0 Å². The number of halogens is 1. The molecule has 1 N–H and O–H groups in total. The molecule has 1 aliphatic heterocycles. The van der Waals surface area contributed by atoms with Crippen LogP contribution in [-0.4, -0.2) is 28.9 Å². The zero-order valence-corrected chi connectivity index (χ0v) is 15.9. The highest BCUT2D eigenvalue weighted by Gasteiger charge is 2.47. The third kappa shape index (κ3) is 3.30. The predicted molar refractivity (Wildman–Crippen MR) is 108 cm³/mol. The van der Waals surface area contributed by atoms with E-state index in [0.29, 0.717) is 16.9 Å². The summed E-state index contributed by atoms with van der Waals surface area (Å²) < 4.78 is 19.2. The second-order valence-corrected chi connectivity index (χ2v) is 6.64. The Labute approximate surface area is 171 Å². The summed E-state index contributed by atoms with van der Waals surface area (Å²) in [6, 6.07) is 15.9. The molecule has 1 aromatic heterocycles. The van der Waals surface area contributed by atoms with Crippen molar-refractivity contribution < 1.29 is 23.8 Å². The lowest BCUT2D eigenvalue weighted by atomic mass is 9.95. The highest BCUT2D eigenvalue weighted by atomic mass is 19.1. The Morgan fingerprint density at radius 1 is 1.07 bits per heavy atom. The van der Waals surface area contributed by atoms with Crippen molar-refractivity contribution in [3.8, 4) is 5.75 Å². The van der Waals surface area contributed by atoms with Crippen LogP contribution in [0, 0.1) is 5.82 Å². The van der Waals surface area contributed by atoms with Gasteiger partial charge < -0.3 is 9.84 Å². The average Bonchev–Trinajstić information content (AvgIpc) is 3.04. The van der Waals surface area contributed by atoms with Crippen LogP contribution in [0.25, 0.3) is 5.76 Å². The van der Waals surface area contributed by atoms with Gasteiger partial charge in [-0.3, -0.25) is 14.5 Å². The van der Waals surface area contributed by atoms with Gasteiger partial charge in [-0.25, -0.2) is 9.37 Å². The molecule has 1 amide bonds. The Balaban J connectivity index is 1.95. The third-order valence-corrected chi connectivity index (χ3v) is 4.85. The number of rotatable bonds is 4. The van der Waals surface area contributed by atoms with Crippen molar-refractivity contribution in [3.63, 3.8) is 0 Å². The number of carbonyl (C=O) groups is 2. The summed E-state index contributed by atoms with van der Waals surface area (Å²) in [5.74, 6) is -1.94. The van der Waals surface area contributed by atoms with Crippen molar-refractivity contribution in [3.05, 3.63) is 95.4 Å². The first-order chi connectivity index (χ1) is 14.5. The van der Waals surface area contributed by atoms with E-state index in [2.05, 4.69) is 4.98 Å². The highest BCUT2D eigenvalue weighted by Crippen LogP contribution is 2.41. The maximum absolute atomic E-state index is 14.0. The lowest BCUT2D eigenvalue weighted by Gasteiger charge is -2.24. The van der Waals surface area contributed by atoms with Gasteiger partial charge in [0.15, 0.2) is 0 Å². The normalized spacial score (nSPS) is 17.9. The van der Waals surface area contributed by atoms with Gasteiger partial charge in [-0.05, 0) is 42.0 Å². The van der Waals surface area contributed by atoms with E-state index in [1.807, 2.05) is 0 Å². The summed E-state index contributed by atoms with van der Waals surface area (Å²) in [5, 5.41) is 11.0. The van der Waals surface area contributed by atoms with E-state index in [1.54, 1.807) is 48.5 Å². The molecule has 150 valence electrons. The minimum Gasteiger partial charge on any atom is -0.507 e. The van der Waals surface area contributed by atoms with Gasteiger partial charge in [0.1, 0.15) is 23.1 Å². The topological polar surface area (TPSA) is 79.7 Å². The van der Waals surface area contributed by atoms with Gasteiger partial charge in [0.2, 0.25) is 0 Å². The number of aromatic nitrogens is 1. The molecule has 0 spiro atoms. The second-order valence-electron chi connectivity index (χ2n) is 6.64. The van der Waals surface area contributed by atoms with Crippen LogP contribution in [0.1, 0.15) is 17.2 Å². The Hall–Kier alpha value is -4.00. The summed E-state index contributed by atoms with van der Waals surface area (Å²) in [7, 11) is 1.48. The van der Waals surface area contributed by atoms with Crippen molar-refractivity contribution >= 4 is 23.3 Å². The van der Waals surface area contributed by atoms with E-state index in [4.69, 9.17) is 4.74 Å². The van der Waals surface area contributed by atoms with E-state index in [1.165, 1.54) is 36.4 Å². The van der Waals surface area contributed by atoms with Crippen LogP contribution < -0.4 is 9.64 Å². The molecule has 30 heavy (non-hydrogen) atoms. The molecule has 2 aromatic carbocycles. The third-order valence-electron chi connectivity index (χ3n) is 4.85. The molecule has 1 aliphatic rings. The second kappa shape index (κ2) is 7.79. The number of carbonyl (C=O) groups excluding carboxylic acids is 2. The van der Waals surface area contributed by atoms with Gasteiger partial charge in [0.25, 0.3) is 5.78 Å². The lowest BCUT2D eigenvalue weighted by Crippen LogP contribution is -2.30. The predicted octanol–water partition coefficient (Wildman–Crippen LogP) is 3.86. The SMILES string of the molecule is COc1cccc(C(O)=C2C(=O)C(=O)N(c3ccccn3)[C@@H]2c2cccc(F)c2)c1. The van der Waals surface area contributed by atoms with Gasteiger partial charge in [0.05, 0.1) is 18.7 Å². The molecular weight excluding hydrogens is 387 g/mol. The first kappa shape index (κ1) is 19.3. The maximum atomic E-state index is 14.0. The molecule has 0 radical (unpaired) electrons. The monoisotopic (exact) mass is 404 g/mol. The fourth-order valence-electron chi connectivity index (χ4n) is 3.48. The number of amides is 1. The number of pyridine rings is 1. The minimum absolute atomic E-state index is 0.149. The number of aliphatic hydroxyl groups is 1. The number of benzene rings is 2. The molecule has 0 bridgehead atoms. The summed E-state index contributed by atoms with van der Waals surface area (Å²) >= 11 is 0. The first-order valence-corrected chi connectivity index (χ1v) is 9.13. The highest BCUT2D eigenvalue weighted by molar-refractivity contribution is 6.51. The van der Waals surface area contributed by atoms with Crippen LogP contribution >= 0.6 is 0 Å². The van der Waals surface area contributed by atoms with E-state index in [9.17, 15) is 19.1 Å².